The van der Waals surface area contributed by atoms with Gasteiger partial charge in [-0.3, -0.25) is 0 Å². The summed E-state index contributed by atoms with van der Waals surface area (Å²) in [6.07, 6.45) is 1.26. The molecule has 0 aliphatic carbocycles. The van der Waals surface area contributed by atoms with E-state index in [1.165, 1.54) is 25.0 Å². The summed E-state index contributed by atoms with van der Waals surface area (Å²) in [4.78, 5) is 5.67. The van der Waals surface area contributed by atoms with Crippen molar-refractivity contribution in [3.63, 3.8) is 0 Å². The fourth-order valence-corrected chi connectivity index (χ4v) is 3.37. The lowest BCUT2D eigenvalue weighted by Gasteiger charge is -2.12. The molecule has 1 unspecified atom stereocenters. The Morgan fingerprint density at radius 3 is 3.06 bits per heavy atom. The van der Waals surface area contributed by atoms with Crippen molar-refractivity contribution in [3.8, 4) is 0 Å². The van der Waals surface area contributed by atoms with Crippen molar-refractivity contribution in [1.82, 2.24) is 14.5 Å². The zero-order valence-electron chi connectivity index (χ0n) is 10.3. The summed E-state index contributed by atoms with van der Waals surface area (Å²) in [6, 6.07) is 6.26. The predicted molar refractivity (Wildman–Crippen MR) is 80.4 cm³/mol. The van der Waals surface area contributed by atoms with Crippen LogP contribution in [0.4, 0.5) is 0 Å². The fraction of sp³-hybridized carbons (Fsp3) is 0.462. The Hall–Kier alpha value is -0.650. The van der Waals surface area contributed by atoms with Crippen LogP contribution in [0.5, 0.6) is 0 Å². The molecule has 1 fully saturated rings. The van der Waals surface area contributed by atoms with Gasteiger partial charge in [-0.05, 0) is 56.3 Å². The molecule has 3 rings (SSSR count). The number of benzene rings is 1. The van der Waals surface area contributed by atoms with E-state index in [0.29, 0.717) is 5.92 Å². The minimum Gasteiger partial charge on any atom is -0.331 e. The molecule has 0 amide bonds. The number of aromatic nitrogens is 2. The van der Waals surface area contributed by atoms with E-state index in [-0.39, 0.29) is 0 Å². The topological polar surface area (TPSA) is 24.0 Å². The van der Waals surface area contributed by atoms with Crippen molar-refractivity contribution in [1.29, 1.82) is 0 Å². The molecule has 1 aromatic carbocycles. The minimum absolute atomic E-state index is 0.708. The highest BCUT2D eigenvalue weighted by molar-refractivity contribution is 9.10. The molecular formula is C13H16BrN3S. The minimum atomic E-state index is 0.708. The molecule has 1 saturated heterocycles. The van der Waals surface area contributed by atoms with E-state index >= 15 is 0 Å². The molecule has 3 nitrogen and oxygen atoms in total. The predicted octanol–water partition coefficient (Wildman–Crippen LogP) is 3.41. The van der Waals surface area contributed by atoms with Crippen LogP contribution in [0.3, 0.4) is 0 Å². The number of nitrogens with one attached hydrogen (secondary N) is 1. The lowest BCUT2D eigenvalue weighted by molar-refractivity contribution is 0.379. The third-order valence-electron chi connectivity index (χ3n) is 3.67. The number of imidazole rings is 1. The number of likely N-dealkylation sites (tertiary alicyclic amines) is 1. The molecule has 1 N–H and O–H groups in total. The van der Waals surface area contributed by atoms with E-state index < -0.39 is 0 Å². The molecule has 1 aromatic heterocycles. The Kier molecular flexibility index (Phi) is 3.30. The van der Waals surface area contributed by atoms with Gasteiger partial charge in [0.2, 0.25) is 0 Å². The maximum atomic E-state index is 5.44. The van der Waals surface area contributed by atoms with Crippen LogP contribution in [0.15, 0.2) is 22.7 Å². The molecule has 0 spiro atoms. The van der Waals surface area contributed by atoms with Crippen molar-refractivity contribution in [2.75, 3.05) is 20.1 Å². The highest BCUT2D eigenvalue weighted by Gasteiger charge is 2.20. The molecule has 18 heavy (non-hydrogen) atoms. The van der Waals surface area contributed by atoms with Gasteiger partial charge in [0.05, 0.1) is 11.0 Å². The fourth-order valence-electron chi connectivity index (χ4n) is 2.74. The van der Waals surface area contributed by atoms with Crippen molar-refractivity contribution >= 4 is 39.2 Å². The van der Waals surface area contributed by atoms with Crippen LogP contribution < -0.4 is 0 Å². The molecule has 0 saturated carbocycles. The van der Waals surface area contributed by atoms with E-state index in [0.717, 1.165) is 21.3 Å². The average Bonchev–Trinajstić information content (AvgIpc) is 2.86. The maximum Gasteiger partial charge on any atom is 0.178 e. The maximum absolute atomic E-state index is 5.44. The van der Waals surface area contributed by atoms with Gasteiger partial charge in [0.15, 0.2) is 4.77 Å². The third kappa shape index (κ3) is 2.27. The zero-order chi connectivity index (χ0) is 12.7. The van der Waals surface area contributed by atoms with Gasteiger partial charge in [-0.25, -0.2) is 0 Å². The quantitative estimate of drug-likeness (QED) is 0.855. The molecule has 1 aliphatic rings. The highest BCUT2D eigenvalue weighted by atomic mass is 79.9. The highest BCUT2D eigenvalue weighted by Crippen LogP contribution is 2.23. The number of nitrogens with zero attached hydrogens (tertiary/aromatic N) is 2. The molecule has 0 radical (unpaired) electrons. The second-order valence-corrected chi connectivity index (χ2v) is 6.42. The SMILES string of the molecule is CN1CCC(Cn2c(=S)[nH]c3ccc(Br)cc32)C1. The van der Waals surface area contributed by atoms with Gasteiger partial charge in [-0.1, -0.05) is 15.9 Å². The number of hydrogen-bond acceptors (Lipinski definition) is 2. The standard InChI is InChI=1S/C13H16BrN3S/c1-16-5-4-9(7-16)8-17-12-6-10(14)2-3-11(12)15-13(17)18/h2-3,6,9H,4-5,7-8H2,1H3,(H,15,18). The molecule has 2 heterocycles. The van der Waals surface area contributed by atoms with Gasteiger partial charge in [-0.15, -0.1) is 0 Å². The molecular weight excluding hydrogens is 310 g/mol. The molecule has 96 valence electrons. The van der Waals surface area contributed by atoms with Crippen LogP contribution in [0.25, 0.3) is 11.0 Å². The smallest absolute Gasteiger partial charge is 0.178 e. The van der Waals surface area contributed by atoms with Crippen LogP contribution in [-0.2, 0) is 6.54 Å². The van der Waals surface area contributed by atoms with Gasteiger partial charge in [0, 0.05) is 17.6 Å². The molecule has 0 bridgehead atoms. The van der Waals surface area contributed by atoms with Gasteiger partial charge >= 0.3 is 0 Å². The van der Waals surface area contributed by atoms with Crippen molar-refractivity contribution in [3.05, 3.63) is 27.4 Å². The van der Waals surface area contributed by atoms with E-state index in [1.807, 2.05) is 6.07 Å². The van der Waals surface area contributed by atoms with Crippen molar-refractivity contribution in [2.24, 2.45) is 5.92 Å². The number of H-pyrrole nitrogens is 1. The van der Waals surface area contributed by atoms with Crippen molar-refractivity contribution in [2.45, 2.75) is 13.0 Å². The number of halogens is 1. The van der Waals surface area contributed by atoms with E-state index in [2.05, 4.69) is 49.6 Å². The monoisotopic (exact) mass is 325 g/mol. The second-order valence-electron chi connectivity index (χ2n) is 5.12. The zero-order valence-corrected chi connectivity index (χ0v) is 12.7. The lowest BCUT2D eigenvalue weighted by atomic mass is 10.1. The van der Waals surface area contributed by atoms with Crippen molar-refractivity contribution < 1.29 is 0 Å². The van der Waals surface area contributed by atoms with E-state index in [9.17, 15) is 0 Å². The summed E-state index contributed by atoms with van der Waals surface area (Å²) in [5.41, 5.74) is 2.32. The first kappa shape index (κ1) is 12.4. The van der Waals surface area contributed by atoms with Crippen LogP contribution in [0, 0.1) is 10.7 Å². The Labute approximate surface area is 120 Å². The summed E-state index contributed by atoms with van der Waals surface area (Å²) < 4.78 is 4.16. The summed E-state index contributed by atoms with van der Waals surface area (Å²) in [6.45, 7) is 3.38. The van der Waals surface area contributed by atoms with Crippen LogP contribution in [-0.4, -0.2) is 34.6 Å². The van der Waals surface area contributed by atoms with Crippen LogP contribution in [0.2, 0.25) is 0 Å². The number of hydrogen-bond donors (Lipinski definition) is 1. The second kappa shape index (κ2) is 4.79. The number of rotatable bonds is 2. The largest absolute Gasteiger partial charge is 0.331 e. The normalized spacial score (nSPS) is 20.9. The number of aromatic amines is 1. The van der Waals surface area contributed by atoms with Gasteiger partial charge < -0.3 is 14.5 Å². The lowest BCUT2D eigenvalue weighted by Crippen LogP contribution is -2.17. The molecule has 2 aromatic rings. The first-order valence-corrected chi connectivity index (χ1v) is 7.40. The van der Waals surface area contributed by atoms with Gasteiger partial charge in [-0.2, -0.15) is 0 Å². The van der Waals surface area contributed by atoms with Crippen LogP contribution >= 0.6 is 28.1 Å². The Morgan fingerprint density at radius 2 is 2.33 bits per heavy atom. The third-order valence-corrected chi connectivity index (χ3v) is 4.48. The summed E-state index contributed by atoms with van der Waals surface area (Å²) in [5, 5.41) is 0. The summed E-state index contributed by atoms with van der Waals surface area (Å²) in [7, 11) is 2.19. The Bertz CT molecular complexity index is 631. The molecule has 1 atom stereocenters. The summed E-state index contributed by atoms with van der Waals surface area (Å²) >= 11 is 8.97. The van der Waals surface area contributed by atoms with Gasteiger partial charge in [0.1, 0.15) is 0 Å². The Balaban J connectivity index is 1.98. The molecule has 5 heteroatoms. The van der Waals surface area contributed by atoms with Crippen LogP contribution in [0.1, 0.15) is 6.42 Å². The average molecular weight is 326 g/mol. The summed E-state index contributed by atoms with van der Waals surface area (Å²) in [5.74, 6) is 0.708. The Morgan fingerprint density at radius 1 is 1.50 bits per heavy atom. The van der Waals surface area contributed by atoms with E-state index in [4.69, 9.17) is 12.2 Å². The van der Waals surface area contributed by atoms with E-state index in [1.54, 1.807) is 0 Å². The first-order valence-electron chi connectivity index (χ1n) is 6.20. The van der Waals surface area contributed by atoms with Gasteiger partial charge in [0.25, 0.3) is 0 Å². The first-order chi connectivity index (χ1) is 8.63. The number of fused-ring (bicyclic) bond motifs is 1. The molecule has 1 aliphatic heterocycles.